The quantitative estimate of drug-likeness (QED) is 0.574. The van der Waals surface area contributed by atoms with Crippen LogP contribution in [0, 0.1) is 0 Å². The zero-order valence-corrected chi connectivity index (χ0v) is 13.0. The molecule has 22 heavy (non-hydrogen) atoms. The van der Waals surface area contributed by atoms with Crippen LogP contribution < -0.4 is 5.32 Å². The summed E-state index contributed by atoms with van der Waals surface area (Å²) in [4.78, 5) is 2.24. The highest BCUT2D eigenvalue weighted by Crippen LogP contribution is 2.26. The van der Waals surface area contributed by atoms with Crippen molar-refractivity contribution in [1.29, 1.82) is 0 Å². The van der Waals surface area contributed by atoms with E-state index in [9.17, 15) is 10.2 Å². The summed E-state index contributed by atoms with van der Waals surface area (Å²) < 4.78 is 16.7. The lowest BCUT2D eigenvalue weighted by molar-refractivity contribution is -0.0249. The van der Waals surface area contributed by atoms with E-state index in [1.54, 1.807) is 0 Å². The molecule has 0 spiro atoms. The Morgan fingerprint density at radius 1 is 1.00 bits per heavy atom. The van der Waals surface area contributed by atoms with Gasteiger partial charge in [0.2, 0.25) is 0 Å². The smallest absolute Gasteiger partial charge is 0.109 e. The van der Waals surface area contributed by atoms with Crippen LogP contribution in [0.3, 0.4) is 0 Å². The minimum absolute atomic E-state index is 0.0756. The average Bonchev–Trinajstić information content (AvgIpc) is 2.90. The second-order valence-corrected chi connectivity index (χ2v) is 6.32. The molecular formula is C15H28N2O5. The number of nitrogens with zero attached hydrogens (tertiary/aromatic N) is 1. The summed E-state index contributed by atoms with van der Waals surface area (Å²) in [5, 5.41) is 23.5. The summed E-state index contributed by atoms with van der Waals surface area (Å²) >= 11 is 0. The fourth-order valence-electron chi connectivity index (χ4n) is 3.66. The van der Waals surface area contributed by atoms with Gasteiger partial charge < -0.3 is 29.7 Å². The van der Waals surface area contributed by atoms with Crippen LogP contribution >= 0.6 is 0 Å². The largest absolute Gasteiger partial charge is 0.394 e. The lowest BCUT2D eigenvalue weighted by atomic mass is 10.0. The Morgan fingerprint density at radius 2 is 1.68 bits per heavy atom. The number of hydrogen-bond acceptors (Lipinski definition) is 7. The predicted molar refractivity (Wildman–Crippen MR) is 79.8 cm³/mol. The van der Waals surface area contributed by atoms with Crippen molar-refractivity contribution < 1.29 is 24.4 Å². The summed E-state index contributed by atoms with van der Waals surface area (Å²) in [5.74, 6) is 0. The first-order valence-corrected chi connectivity index (χ1v) is 8.37. The standard InChI is InChI=1S/C15H28N2O5/c18-10-13-15(19)14(17-3-7-21-8-4-17)12(22-13)9-16-11-1-5-20-6-2-11/h11-16,18-19H,1-10H2/t12-,13+,14+,15-/m1/s1. The molecule has 128 valence electrons. The number of nitrogens with one attached hydrogen (secondary N) is 1. The van der Waals surface area contributed by atoms with Crippen LogP contribution in [-0.4, -0.2) is 98.2 Å². The van der Waals surface area contributed by atoms with Crippen LogP contribution in [0.4, 0.5) is 0 Å². The fraction of sp³-hybridized carbons (Fsp3) is 1.00. The molecule has 3 N–H and O–H groups in total. The van der Waals surface area contributed by atoms with Gasteiger partial charge in [0.15, 0.2) is 0 Å². The Balaban J connectivity index is 1.58. The van der Waals surface area contributed by atoms with Crippen LogP contribution in [-0.2, 0) is 14.2 Å². The Labute approximate surface area is 131 Å². The number of rotatable bonds is 5. The molecule has 0 saturated carbocycles. The highest BCUT2D eigenvalue weighted by atomic mass is 16.5. The van der Waals surface area contributed by atoms with Crippen molar-refractivity contribution in [3.8, 4) is 0 Å². The summed E-state index contributed by atoms with van der Waals surface area (Å²) in [7, 11) is 0. The van der Waals surface area contributed by atoms with E-state index < -0.39 is 12.2 Å². The molecule has 0 aromatic rings. The summed E-state index contributed by atoms with van der Waals surface area (Å²) in [5.41, 5.74) is 0. The van der Waals surface area contributed by atoms with Gasteiger partial charge in [-0.3, -0.25) is 4.90 Å². The third-order valence-electron chi connectivity index (χ3n) is 4.94. The van der Waals surface area contributed by atoms with Crippen LogP contribution in [0.5, 0.6) is 0 Å². The molecule has 3 fully saturated rings. The van der Waals surface area contributed by atoms with Gasteiger partial charge in [0.1, 0.15) is 12.2 Å². The van der Waals surface area contributed by atoms with Gasteiger partial charge in [-0.1, -0.05) is 0 Å². The lowest BCUT2D eigenvalue weighted by Crippen LogP contribution is -2.55. The zero-order valence-electron chi connectivity index (χ0n) is 13.0. The van der Waals surface area contributed by atoms with E-state index in [1.165, 1.54) is 0 Å². The van der Waals surface area contributed by atoms with Gasteiger partial charge in [0.25, 0.3) is 0 Å². The third-order valence-corrected chi connectivity index (χ3v) is 4.94. The average molecular weight is 316 g/mol. The molecule has 0 unspecified atom stereocenters. The molecule has 0 bridgehead atoms. The topological polar surface area (TPSA) is 83.4 Å². The van der Waals surface area contributed by atoms with Gasteiger partial charge in [-0.25, -0.2) is 0 Å². The van der Waals surface area contributed by atoms with Crippen molar-refractivity contribution in [2.45, 2.75) is 43.2 Å². The SMILES string of the molecule is OC[C@@H]1O[C@H](CNC2CCOCC2)[C@H](N2CCOCC2)[C@@H]1O. The van der Waals surface area contributed by atoms with E-state index in [-0.39, 0.29) is 18.8 Å². The number of morpholine rings is 1. The van der Waals surface area contributed by atoms with Crippen LogP contribution in [0.2, 0.25) is 0 Å². The maximum atomic E-state index is 10.5. The maximum absolute atomic E-state index is 10.5. The highest BCUT2D eigenvalue weighted by molar-refractivity contribution is 4.98. The third kappa shape index (κ3) is 3.79. The second kappa shape index (κ2) is 8.01. The zero-order chi connectivity index (χ0) is 15.4. The van der Waals surface area contributed by atoms with Gasteiger partial charge in [-0.2, -0.15) is 0 Å². The van der Waals surface area contributed by atoms with E-state index in [0.717, 1.165) is 39.1 Å². The van der Waals surface area contributed by atoms with Gasteiger partial charge in [-0.05, 0) is 12.8 Å². The Kier molecular flexibility index (Phi) is 6.03. The van der Waals surface area contributed by atoms with Crippen LogP contribution in [0.15, 0.2) is 0 Å². The normalized spacial score (nSPS) is 38.5. The van der Waals surface area contributed by atoms with E-state index in [2.05, 4.69) is 10.2 Å². The van der Waals surface area contributed by atoms with Gasteiger partial charge in [0, 0.05) is 38.9 Å². The van der Waals surface area contributed by atoms with Crippen LogP contribution in [0.1, 0.15) is 12.8 Å². The van der Waals surface area contributed by atoms with E-state index in [4.69, 9.17) is 14.2 Å². The molecule has 0 amide bonds. The Bertz CT molecular complexity index is 334. The van der Waals surface area contributed by atoms with Crippen LogP contribution in [0.25, 0.3) is 0 Å². The fourth-order valence-corrected chi connectivity index (χ4v) is 3.66. The Morgan fingerprint density at radius 3 is 2.36 bits per heavy atom. The molecule has 0 aromatic carbocycles. The maximum Gasteiger partial charge on any atom is 0.109 e. The first kappa shape index (κ1) is 16.6. The van der Waals surface area contributed by atoms with Crippen molar-refractivity contribution >= 4 is 0 Å². The lowest BCUT2D eigenvalue weighted by Gasteiger charge is -2.36. The van der Waals surface area contributed by atoms with Crippen molar-refractivity contribution in [3.63, 3.8) is 0 Å². The minimum atomic E-state index is -0.649. The number of ether oxygens (including phenoxy) is 3. The molecule has 0 aliphatic carbocycles. The monoisotopic (exact) mass is 316 g/mol. The number of hydrogen-bond donors (Lipinski definition) is 3. The molecule has 3 aliphatic heterocycles. The number of aliphatic hydroxyl groups is 2. The minimum Gasteiger partial charge on any atom is -0.394 e. The molecule has 0 radical (unpaired) electrons. The predicted octanol–water partition coefficient (Wildman–Crippen LogP) is -1.42. The van der Waals surface area contributed by atoms with E-state index in [1.807, 2.05) is 0 Å². The molecule has 7 nitrogen and oxygen atoms in total. The molecule has 7 heteroatoms. The van der Waals surface area contributed by atoms with Gasteiger partial charge in [0.05, 0.1) is 32.0 Å². The molecule has 3 heterocycles. The molecule has 0 aromatic heterocycles. The summed E-state index contributed by atoms with van der Waals surface area (Å²) in [6.45, 7) is 5.14. The van der Waals surface area contributed by atoms with E-state index in [0.29, 0.717) is 25.8 Å². The molecule has 3 aliphatic rings. The van der Waals surface area contributed by atoms with Crippen molar-refractivity contribution in [2.24, 2.45) is 0 Å². The Hall–Kier alpha value is -0.280. The molecule has 3 rings (SSSR count). The van der Waals surface area contributed by atoms with Gasteiger partial charge >= 0.3 is 0 Å². The highest BCUT2D eigenvalue weighted by Gasteiger charge is 2.46. The summed E-state index contributed by atoms with van der Waals surface area (Å²) in [6, 6.07) is 0.376. The van der Waals surface area contributed by atoms with Gasteiger partial charge in [-0.15, -0.1) is 0 Å². The molecule has 3 saturated heterocycles. The van der Waals surface area contributed by atoms with Crippen molar-refractivity contribution in [3.05, 3.63) is 0 Å². The molecular weight excluding hydrogens is 288 g/mol. The van der Waals surface area contributed by atoms with Crippen molar-refractivity contribution in [2.75, 3.05) is 52.7 Å². The first-order valence-electron chi connectivity index (χ1n) is 8.37. The number of aliphatic hydroxyl groups excluding tert-OH is 2. The summed E-state index contributed by atoms with van der Waals surface area (Å²) in [6.07, 6.45) is 0.786. The first-order chi connectivity index (χ1) is 10.8. The van der Waals surface area contributed by atoms with E-state index >= 15 is 0 Å². The van der Waals surface area contributed by atoms with Crippen molar-refractivity contribution in [1.82, 2.24) is 10.2 Å². The second-order valence-electron chi connectivity index (χ2n) is 6.32. The molecule has 4 atom stereocenters.